The van der Waals surface area contributed by atoms with Crippen LogP contribution >= 0.6 is 0 Å². The highest BCUT2D eigenvalue weighted by atomic mass is 16.5. The molecule has 1 amide bonds. The van der Waals surface area contributed by atoms with Gasteiger partial charge in [0, 0.05) is 31.7 Å². The number of nitrogens with zero attached hydrogens (tertiary/aromatic N) is 1. The fraction of sp³-hybridized carbons (Fsp3) is 0.500. The van der Waals surface area contributed by atoms with Gasteiger partial charge in [0.25, 0.3) is 0 Å². The molecule has 1 saturated heterocycles. The second-order valence-corrected chi connectivity index (χ2v) is 4.54. The van der Waals surface area contributed by atoms with Crippen molar-refractivity contribution in [3.8, 4) is 0 Å². The van der Waals surface area contributed by atoms with Crippen molar-refractivity contribution in [2.75, 3.05) is 38.2 Å². The highest BCUT2D eigenvalue weighted by molar-refractivity contribution is 5.76. The van der Waals surface area contributed by atoms with E-state index in [0.717, 1.165) is 18.8 Å². The summed E-state index contributed by atoms with van der Waals surface area (Å²) in [5.41, 5.74) is 2.30. The predicted molar refractivity (Wildman–Crippen MR) is 71.7 cm³/mol. The largest absolute Gasteiger partial charge is 0.385 e. The van der Waals surface area contributed by atoms with Gasteiger partial charge in [0.15, 0.2) is 0 Å². The Balaban J connectivity index is 1.73. The van der Waals surface area contributed by atoms with Gasteiger partial charge in [-0.15, -0.1) is 0 Å². The van der Waals surface area contributed by atoms with Crippen LogP contribution in [0.1, 0.15) is 12.0 Å². The van der Waals surface area contributed by atoms with Crippen molar-refractivity contribution < 1.29 is 9.53 Å². The van der Waals surface area contributed by atoms with Gasteiger partial charge in [-0.25, -0.2) is 0 Å². The fourth-order valence-electron chi connectivity index (χ4n) is 2.04. The molecule has 98 valence electrons. The maximum Gasteiger partial charge on any atom is 0.224 e. The van der Waals surface area contributed by atoms with Crippen molar-refractivity contribution in [1.82, 2.24) is 4.90 Å². The van der Waals surface area contributed by atoms with Gasteiger partial charge >= 0.3 is 0 Å². The molecule has 0 aromatic heterocycles. The van der Waals surface area contributed by atoms with Gasteiger partial charge in [-0.3, -0.25) is 4.79 Å². The fourth-order valence-corrected chi connectivity index (χ4v) is 2.04. The minimum atomic E-state index is 0.207. The summed E-state index contributed by atoms with van der Waals surface area (Å²) in [5.74, 6) is 0.207. The van der Waals surface area contributed by atoms with E-state index in [0.29, 0.717) is 26.2 Å². The average Bonchev–Trinajstić information content (AvgIpc) is 2.40. The number of carbonyl (C=O) groups excluding carboxylic acids is 1. The Morgan fingerprint density at radius 1 is 1.39 bits per heavy atom. The maximum atomic E-state index is 11.9. The minimum Gasteiger partial charge on any atom is -0.385 e. The summed E-state index contributed by atoms with van der Waals surface area (Å²) in [6, 6.07) is 8.18. The first kappa shape index (κ1) is 12.9. The third-order valence-corrected chi connectivity index (χ3v) is 3.05. The number of rotatable bonds is 4. The highest BCUT2D eigenvalue weighted by Gasteiger charge is 2.15. The normalized spacial score (nSPS) is 15.5. The van der Waals surface area contributed by atoms with Gasteiger partial charge in [-0.05, 0) is 24.6 Å². The summed E-state index contributed by atoms with van der Waals surface area (Å²) >= 11 is 0. The molecule has 1 aliphatic rings. The van der Waals surface area contributed by atoms with Crippen LogP contribution in [-0.4, -0.2) is 43.7 Å². The highest BCUT2D eigenvalue weighted by Crippen LogP contribution is 2.09. The van der Waals surface area contributed by atoms with E-state index in [4.69, 9.17) is 4.74 Å². The topological polar surface area (TPSA) is 41.6 Å². The number of ether oxygens (including phenoxy) is 1. The Labute approximate surface area is 108 Å². The van der Waals surface area contributed by atoms with Gasteiger partial charge in [-0.1, -0.05) is 12.1 Å². The standard InChI is InChI=1S/C14H20N2O2/c1-12-3-2-4-13(11-12)15-6-5-14(17)16-7-9-18-10-8-16/h2-4,11,15H,5-10H2,1H3. The lowest BCUT2D eigenvalue weighted by atomic mass is 10.2. The van der Waals surface area contributed by atoms with E-state index in [2.05, 4.69) is 24.4 Å². The van der Waals surface area contributed by atoms with Gasteiger partial charge < -0.3 is 15.0 Å². The molecule has 1 aromatic rings. The number of nitrogens with one attached hydrogen (secondary N) is 1. The first-order chi connectivity index (χ1) is 8.75. The molecule has 0 radical (unpaired) electrons. The molecule has 4 heteroatoms. The van der Waals surface area contributed by atoms with Crippen LogP contribution in [-0.2, 0) is 9.53 Å². The first-order valence-corrected chi connectivity index (χ1v) is 6.42. The number of benzene rings is 1. The molecule has 0 spiro atoms. The lowest BCUT2D eigenvalue weighted by Crippen LogP contribution is -2.41. The zero-order chi connectivity index (χ0) is 12.8. The number of anilines is 1. The van der Waals surface area contributed by atoms with E-state index in [-0.39, 0.29) is 5.91 Å². The van der Waals surface area contributed by atoms with Crippen molar-refractivity contribution in [3.63, 3.8) is 0 Å². The molecule has 1 fully saturated rings. The predicted octanol–water partition coefficient (Wildman–Crippen LogP) is 1.66. The van der Waals surface area contributed by atoms with E-state index in [1.54, 1.807) is 0 Å². The lowest BCUT2D eigenvalue weighted by molar-refractivity contribution is -0.134. The van der Waals surface area contributed by atoms with Gasteiger partial charge in [-0.2, -0.15) is 0 Å². The number of amides is 1. The molecule has 2 rings (SSSR count). The van der Waals surface area contributed by atoms with Gasteiger partial charge in [0.1, 0.15) is 0 Å². The lowest BCUT2D eigenvalue weighted by Gasteiger charge is -2.26. The number of carbonyl (C=O) groups is 1. The summed E-state index contributed by atoms with van der Waals surface area (Å²) in [4.78, 5) is 13.8. The van der Waals surface area contributed by atoms with Crippen molar-refractivity contribution in [3.05, 3.63) is 29.8 Å². The number of aryl methyl sites for hydroxylation is 1. The van der Waals surface area contributed by atoms with Crippen molar-refractivity contribution in [2.45, 2.75) is 13.3 Å². The van der Waals surface area contributed by atoms with Gasteiger partial charge in [0.2, 0.25) is 5.91 Å². The molecular formula is C14H20N2O2. The van der Waals surface area contributed by atoms with Crippen LogP contribution in [0.2, 0.25) is 0 Å². The molecule has 1 N–H and O–H groups in total. The van der Waals surface area contributed by atoms with Crippen molar-refractivity contribution >= 4 is 11.6 Å². The zero-order valence-corrected chi connectivity index (χ0v) is 10.8. The van der Waals surface area contributed by atoms with Crippen LogP contribution in [0.4, 0.5) is 5.69 Å². The zero-order valence-electron chi connectivity index (χ0n) is 10.8. The van der Waals surface area contributed by atoms with E-state index in [1.807, 2.05) is 17.0 Å². The maximum absolute atomic E-state index is 11.9. The summed E-state index contributed by atoms with van der Waals surface area (Å²) in [6.45, 7) is 5.52. The quantitative estimate of drug-likeness (QED) is 0.881. The second kappa shape index (κ2) is 6.40. The minimum absolute atomic E-state index is 0.207. The Hall–Kier alpha value is -1.55. The van der Waals surface area contributed by atoms with E-state index in [1.165, 1.54) is 5.56 Å². The van der Waals surface area contributed by atoms with Gasteiger partial charge in [0.05, 0.1) is 13.2 Å². The number of hydrogen-bond acceptors (Lipinski definition) is 3. The summed E-state index contributed by atoms with van der Waals surface area (Å²) < 4.78 is 5.23. The molecule has 1 heterocycles. The van der Waals surface area contributed by atoms with E-state index < -0.39 is 0 Å². The molecule has 4 nitrogen and oxygen atoms in total. The van der Waals surface area contributed by atoms with Crippen LogP contribution in [0.3, 0.4) is 0 Å². The molecule has 0 bridgehead atoms. The monoisotopic (exact) mass is 248 g/mol. The third-order valence-electron chi connectivity index (χ3n) is 3.05. The molecule has 18 heavy (non-hydrogen) atoms. The summed E-state index contributed by atoms with van der Waals surface area (Å²) in [5, 5.41) is 3.28. The van der Waals surface area contributed by atoms with Crippen LogP contribution in [0.25, 0.3) is 0 Å². The van der Waals surface area contributed by atoms with E-state index in [9.17, 15) is 4.79 Å². The van der Waals surface area contributed by atoms with E-state index >= 15 is 0 Å². The molecule has 1 aromatic carbocycles. The SMILES string of the molecule is Cc1cccc(NCCC(=O)N2CCOCC2)c1. The number of morpholine rings is 1. The Bertz CT molecular complexity index is 401. The molecular weight excluding hydrogens is 228 g/mol. The Morgan fingerprint density at radius 2 is 2.17 bits per heavy atom. The molecule has 1 aliphatic heterocycles. The first-order valence-electron chi connectivity index (χ1n) is 6.42. The Morgan fingerprint density at radius 3 is 2.89 bits per heavy atom. The number of hydrogen-bond donors (Lipinski definition) is 1. The molecule has 0 aliphatic carbocycles. The second-order valence-electron chi connectivity index (χ2n) is 4.54. The van der Waals surface area contributed by atoms with Crippen molar-refractivity contribution in [1.29, 1.82) is 0 Å². The molecule has 0 atom stereocenters. The molecule has 0 unspecified atom stereocenters. The average molecular weight is 248 g/mol. The van der Waals surface area contributed by atoms with Crippen LogP contribution in [0, 0.1) is 6.92 Å². The van der Waals surface area contributed by atoms with Crippen LogP contribution in [0.5, 0.6) is 0 Å². The molecule has 0 saturated carbocycles. The summed E-state index contributed by atoms with van der Waals surface area (Å²) in [6.07, 6.45) is 0.536. The summed E-state index contributed by atoms with van der Waals surface area (Å²) in [7, 11) is 0. The van der Waals surface area contributed by atoms with Crippen LogP contribution < -0.4 is 5.32 Å². The Kier molecular flexibility index (Phi) is 4.59. The van der Waals surface area contributed by atoms with Crippen molar-refractivity contribution in [2.24, 2.45) is 0 Å². The smallest absolute Gasteiger partial charge is 0.224 e. The van der Waals surface area contributed by atoms with Crippen LogP contribution in [0.15, 0.2) is 24.3 Å². The third kappa shape index (κ3) is 3.74.